The maximum Gasteiger partial charge on any atom is 0.225 e. The van der Waals surface area contributed by atoms with Gasteiger partial charge in [0.1, 0.15) is 6.10 Å². The number of morpholine rings is 1. The molecule has 0 aromatic heterocycles. The first-order valence-electron chi connectivity index (χ1n) is 8.75. The summed E-state index contributed by atoms with van der Waals surface area (Å²) < 4.78 is 6.02. The molecule has 132 valence electrons. The first kappa shape index (κ1) is 17.6. The van der Waals surface area contributed by atoms with Gasteiger partial charge in [0.05, 0.1) is 18.7 Å². The second kappa shape index (κ2) is 7.38. The van der Waals surface area contributed by atoms with Gasteiger partial charge in [0, 0.05) is 12.5 Å². The minimum atomic E-state index is -0.335. The van der Waals surface area contributed by atoms with Crippen molar-refractivity contribution in [1.82, 2.24) is 4.90 Å². The van der Waals surface area contributed by atoms with Crippen molar-refractivity contribution in [3.8, 4) is 0 Å². The lowest BCUT2D eigenvalue weighted by Crippen LogP contribution is -2.56. The molecule has 4 heteroatoms. The molecule has 1 aliphatic rings. The van der Waals surface area contributed by atoms with Gasteiger partial charge >= 0.3 is 0 Å². The zero-order chi connectivity index (χ0) is 17.9. The van der Waals surface area contributed by atoms with Gasteiger partial charge in [0.2, 0.25) is 5.91 Å². The van der Waals surface area contributed by atoms with Gasteiger partial charge in [-0.15, -0.1) is 0 Å². The predicted molar refractivity (Wildman–Crippen MR) is 98.9 cm³/mol. The topological polar surface area (TPSA) is 55.6 Å². The number of amides is 1. The Morgan fingerprint density at radius 2 is 1.76 bits per heavy atom. The minimum absolute atomic E-state index is 0.0746. The lowest BCUT2D eigenvalue weighted by atomic mass is 9.96. The summed E-state index contributed by atoms with van der Waals surface area (Å²) in [6.45, 7) is 5.15. The van der Waals surface area contributed by atoms with E-state index in [1.54, 1.807) is 0 Å². The molecule has 2 atom stereocenters. The van der Waals surface area contributed by atoms with Crippen molar-refractivity contribution in [2.24, 2.45) is 5.73 Å². The fourth-order valence-electron chi connectivity index (χ4n) is 3.27. The molecule has 25 heavy (non-hydrogen) atoms. The maximum absolute atomic E-state index is 13.0. The Bertz CT molecular complexity index is 700. The molecule has 1 aliphatic heterocycles. The summed E-state index contributed by atoms with van der Waals surface area (Å²) in [6, 6.07) is 19.6. The molecule has 0 radical (unpaired) electrons. The van der Waals surface area contributed by atoms with E-state index in [9.17, 15) is 4.79 Å². The van der Waals surface area contributed by atoms with E-state index in [-0.39, 0.29) is 23.6 Å². The molecule has 0 spiro atoms. The molecule has 3 rings (SSSR count). The zero-order valence-electron chi connectivity index (χ0n) is 14.9. The Balaban J connectivity index is 1.72. The van der Waals surface area contributed by atoms with E-state index in [1.165, 1.54) is 0 Å². The average Bonchev–Trinajstić information content (AvgIpc) is 2.63. The van der Waals surface area contributed by atoms with Gasteiger partial charge in [-0.25, -0.2) is 0 Å². The summed E-state index contributed by atoms with van der Waals surface area (Å²) in [5.41, 5.74) is 8.01. The van der Waals surface area contributed by atoms with Crippen LogP contribution in [0.4, 0.5) is 0 Å². The highest BCUT2D eigenvalue weighted by Crippen LogP contribution is 2.31. The number of nitrogens with zero attached hydrogens (tertiary/aromatic N) is 1. The summed E-state index contributed by atoms with van der Waals surface area (Å²) in [6.07, 6.45) is 0.209. The Kier molecular flexibility index (Phi) is 5.21. The molecule has 0 bridgehead atoms. The van der Waals surface area contributed by atoms with Crippen molar-refractivity contribution in [2.75, 3.05) is 13.2 Å². The van der Waals surface area contributed by atoms with Crippen LogP contribution in [0.3, 0.4) is 0 Å². The van der Waals surface area contributed by atoms with Gasteiger partial charge in [0.15, 0.2) is 0 Å². The number of nitrogens with two attached hydrogens (primary N) is 1. The predicted octanol–water partition coefficient (Wildman–Crippen LogP) is 3.46. The number of hydrogen-bond donors (Lipinski definition) is 1. The van der Waals surface area contributed by atoms with E-state index in [0.717, 1.165) is 11.1 Å². The van der Waals surface area contributed by atoms with Crippen LogP contribution in [-0.2, 0) is 9.53 Å². The smallest absolute Gasteiger partial charge is 0.225 e. The number of carbonyl (C=O) groups excluding carboxylic acids is 1. The molecule has 1 saturated heterocycles. The van der Waals surface area contributed by atoms with Crippen LogP contribution in [0.5, 0.6) is 0 Å². The third-order valence-electron chi connectivity index (χ3n) is 4.81. The number of rotatable bonds is 4. The van der Waals surface area contributed by atoms with Crippen molar-refractivity contribution in [2.45, 2.75) is 38.0 Å². The first-order chi connectivity index (χ1) is 12.0. The summed E-state index contributed by atoms with van der Waals surface area (Å²) in [5, 5.41) is 0. The molecule has 2 aromatic rings. The summed E-state index contributed by atoms with van der Waals surface area (Å²) in [4.78, 5) is 14.9. The average molecular weight is 338 g/mol. The summed E-state index contributed by atoms with van der Waals surface area (Å²) >= 11 is 0. The monoisotopic (exact) mass is 338 g/mol. The van der Waals surface area contributed by atoms with E-state index in [2.05, 4.69) is 0 Å². The normalized spacial score (nSPS) is 20.9. The van der Waals surface area contributed by atoms with Crippen LogP contribution in [-0.4, -0.2) is 29.5 Å². The van der Waals surface area contributed by atoms with Gasteiger partial charge < -0.3 is 15.4 Å². The quantitative estimate of drug-likeness (QED) is 0.929. The fourth-order valence-corrected chi connectivity index (χ4v) is 3.27. The standard InChI is InChI=1S/C21H26N2O2/c1-21(2)15-25-19(17-11-7-4-8-12-17)14-23(21)20(24)13-18(22)16-9-5-3-6-10-16/h3-12,18-19H,13-15,22H2,1-2H3. The minimum Gasteiger partial charge on any atom is -0.369 e. The molecular formula is C21H26N2O2. The van der Waals surface area contributed by atoms with Crippen molar-refractivity contribution >= 4 is 5.91 Å². The zero-order valence-corrected chi connectivity index (χ0v) is 14.9. The Hall–Kier alpha value is -2.17. The number of ether oxygens (including phenoxy) is 1. The molecular weight excluding hydrogens is 312 g/mol. The molecule has 1 fully saturated rings. The molecule has 2 unspecified atom stereocenters. The van der Waals surface area contributed by atoms with Crippen molar-refractivity contribution in [1.29, 1.82) is 0 Å². The second-order valence-electron chi connectivity index (χ2n) is 7.25. The second-order valence-corrected chi connectivity index (χ2v) is 7.25. The van der Waals surface area contributed by atoms with E-state index >= 15 is 0 Å². The lowest BCUT2D eigenvalue weighted by molar-refractivity contribution is -0.155. The molecule has 2 N–H and O–H groups in total. The van der Waals surface area contributed by atoms with E-state index in [4.69, 9.17) is 10.5 Å². The van der Waals surface area contributed by atoms with E-state index in [0.29, 0.717) is 19.6 Å². The first-order valence-corrected chi connectivity index (χ1v) is 8.75. The highest BCUT2D eigenvalue weighted by Gasteiger charge is 2.38. The van der Waals surface area contributed by atoms with Crippen LogP contribution in [0.1, 0.15) is 43.5 Å². The van der Waals surface area contributed by atoms with E-state index < -0.39 is 0 Å². The van der Waals surface area contributed by atoms with Crippen LogP contribution in [0.25, 0.3) is 0 Å². The lowest BCUT2D eigenvalue weighted by Gasteiger charge is -2.45. The molecule has 1 heterocycles. The van der Waals surface area contributed by atoms with E-state index in [1.807, 2.05) is 79.4 Å². The largest absolute Gasteiger partial charge is 0.369 e. The SMILES string of the molecule is CC1(C)COC(c2ccccc2)CN1C(=O)CC(N)c1ccccc1. The van der Waals surface area contributed by atoms with Gasteiger partial charge in [-0.1, -0.05) is 60.7 Å². The number of carbonyl (C=O) groups is 1. The van der Waals surface area contributed by atoms with Crippen molar-refractivity contribution < 1.29 is 9.53 Å². The van der Waals surface area contributed by atoms with Gasteiger partial charge in [-0.3, -0.25) is 4.79 Å². The maximum atomic E-state index is 13.0. The molecule has 0 saturated carbocycles. The van der Waals surface area contributed by atoms with Crippen LogP contribution in [0.2, 0.25) is 0 Å². The number of benzene rings is 2. The Morgan fingerprint density at radius 1 is 1.16 bits per heavy atom. The van der Waals surface area contributed by atoms with Gasteiger partial charge in [0.25, 0.3) is 0 Å². The van der Waals surface area contributed by atoms with Crippen LogP contribution in [0, 0.1) is 0 Å². The van der Waals surface area contributed by atoms with Crippen LogP contribution < -0.4 is 5.73 Å². The highest BCUT2D eigenvalue weighted by atomic mass is 16.5. The highest BCUT2D eigenvalue weighted by molar-refractivity contribution is 5.78. The van der Waals surface area contributed by atoms with Gasteiger partial charge in [-0.2, -0.15) is 0 Å². The van der Waals surface area contributed by atoms with Crippen LogP contribution in [0.15, 0.2) is 60.7 Å². The third-order valence-corrected chi connectivity index (χ3v) is 4.81. The molecule has 1 amide bonds. The third kappa shape index (κ3) is 4.09. The Morgan fingerprint density at radius 3 is 2.40 bits per heavy atom. The molecule has 2 aromatic carbocycles. The Labute approximate surface area is 149 Å². The van der Waals surface area contributed by atoms with Crippen molar-refractivity contribution in [3.05, 3.63) is 71.8 Å². The van der Waals surface area contributed by atoms with Gasteiger partial charge in [-0.05, 0) is 25.0 Å². The fraction of sp³-hybridized carbons (Fsp3) is 0.381. The van der Waals surface area contributed by atoms with Crippen molar-refractivity contribution in [3.63, 3.8) is 0 Å². The summed E-state index contributed by atoms with van der Waals surface area (Å²) in [5.74, 6) is 0.0746. The molecule has 4 nitrogen and oxygen atoms in total. The number of hydrogen-bond acceptors (Lipinski definition) is 3. The molecule has 0 aliphatic carbocycles. The summed E-state index contributed by atoms with van der Waals surface area (Å²) in [7, 11) is 0. The van der Waals surface area contributed by atoms with Crippen LogP contribution >= 0.6 is 0 Å².